The van der Waals surface area contributed by atoms with E-state index in [-0.39, 0.29) is 5.91 Å². The molecular weight excluding hydrogens is 357 g/mol. The Balaban J connectivity index is 1.82. The van der Waals surface area contributed by atoms with Crippen LogP contribution in [0.25, 0.3) is 0 Å². The summed E-state index contributed by atoms with van der Waals surface area (Å²) in [5.74, 6) is 1.03. The first kappa shape index (κ1) is 17.5. The van der Waals surface area contributed by atoms with Crippen molar-refractivity contribution in [3.05, 3.63) is 58.1 Å². The first-order valence-corrected chi connectivity index (χ1v) is 9.68. The van der Waals surface area contributed by atoms with E-state index in [0.717, 1.165) is 5.75 Å². The fraction of sp³-hybridized carbons (Fsp3) is 0.188. The summed E-state index contributed by atoms with van der Waals surface area (Å²) in [5.41, 5.74) is 1.67. The predicted molar refractivity (Wildman–Crippen MR) is 99.5 cm³/mol. The van der Waals surface area contributed by atoms with Gasteiger partial charge in [-0.2, -0.15) is 0 Å². The number of carbonyl (C=O) groups is 1. The average molecular weight is 372 g/mol. The van der Waals surface area contributed by atoms with Crippen molar-refractivity contribution in [2.75, 3.05) is 17.3 Å². The van der Waals surface area contributed by atoms with Gasteiger partial charge in [0.1, 0.15) is 0 Å². The van der Waals surface area contributed by atoms with E-state index in [4.69, 9.17) is 23.2 Å². The van der Waals surface area contributed by atoms with Gasteiger partial charge in [-0.3, -0.25) is 4.79 Å². The number of thioether (sulfide) groups is 2. The summed E-state index contributed by atoms with van der Waals surface area (Å²) in [5, 5.41) is 3.64. The summed E-state index contributed by atoms with van der Waals surface area (Å²) in [6, 6.07) is 13.5. The minimum absolute atomic E-state index is 0.110. The SMILES string of the molecule is CSc1ccc(CSCC(=O)Nc2c(Cl)cccc2Cl)cc1. The number of para-hydroxylation sites is 1. The molecule has 2 aromatic carbocycles. The van der Waals surface area contributed by atoms with Crippen molar-refractivity contribution in [1.82, 2.24) is 0 Å². The number of benzene rings is 2. The van der Waals surface area contributed by atoms with E-state index in [2.05, 4.69) is 29.6 Å². The van der Waals surface area contributed by atoms with Gasteiger partial charge in [0.15, 0.2) is 0 Å². The molecule has 0 heterocycles. The van der Waals surface area contributed by atoms with Crippen molar-refractivity contribution in [3.8, 4) is 0 Å². The van der Waals surface area contributed by atoms with Crippen LogP contribution in [-0.4, -0.2) is 17.9 Å². The normalized spacial score (nSPS) is 10.5. The van der Waals surface area contributed by atoms with Crippen molar-refractivity contribution < 1.29 is 4.79 Å². The van der Waals surface area contributed by atoms with Crippen LogP contribution in [0.15, 0.2) is 47.4 Å². The number of carbonyl (C=O) groups excluding carboxylic acids is 1. The molecule has 2 rings (SSSR count). The Morgan fingerprint density at radius 1 is 1.09 bits per heavy atom. The standard InChI is InChI=1S/C16H15Cl2NOS2/c1-21-12-7-5-11(6-8-12)9-22-10-15(20)19-16-13(17)3-2-4-14(16)18/h2-8H,9-10H2,1H3,(H,19,20). The van der Waals surface area contributed by atoms with Gasteiger partial charge < -0.3 is 5.32 Å². The molecule has 0 saturated carbocycles. The topological polar surface area (TPSA) is 29.1 Å². The average Bonchev–Trinajstić information content (AvgIpc) is 2.52. The Kier molecular flexibility index (Phi) is 6.96. The molecule has 1 N–H and O–H groups in total. The summed E-state index contributed by atoms with van der Waals surface area (Å²) in [6.45, 7) is 0. The zero-order valence-corrected chi connectivity index (χ0v) is 15.1. The molecule has 116 valence electrons. The Hall–Kier alpha value is -0.810. The Morgan fingerprint density at radius 3 is 2.32 bits per heavy atom. The van der Waals surface area contributed by atoms with Gasteiger partial charge in [-0.25, -0.2) is 0 Å². The van der Waals surface area contributed by atoms with E-state index in [9.17, 15) is 4.79 Å². The zero-order valence-electron chi connectivity index (χ0n) is 11.9. The lowest BCUT2D eigenvalue weighted by Gasteiger charge is -2.09. The molecule has 2 nitrogen and oxygen atoms in total. The van der Waals surface area contributed by atoms with Crippen LogP contribution in [0.3, 0.4) is 0 Å². The van der Waals surface area contributed by atoms with E-state index in [1.54, 1.807) is 41.7 Å². The number of anilines is 1. The maximum absolute atomic E-state index is 12.0. The summed E-state index contributed by atoms with van der Waals surface area (Å²) in [4.78, 5) is 13.2. The second-order valence-corrected chi connectivity index (χ2v) is 7.17. The number of hydrogen-bond donors (Lipinski definition) is 1. The summed E-state index contributed by atoms with van der Waals surface area (Å²) < 4.78 is 0. The Bertz CT molecular complexity index is 627. The van der Waals surface area contributed by atoms with Gasteiger partial charge >= 0.3 is 0 Å². The van der Waals surface area contributed by atoms with E-state index < -0.39 is 0 Å². The molecule has 0 aliphatic heterocycles. The fourth-order valence-corrected chi connectivity index (χ4v) is 3.46. The molecule has 1 amide bonds. The molecule has 0 aliphatic rings. The third-order valence-corrected chi connectivity index (χ3v) is 5.27. The monoisotopic (exact) mass is 371 g/mol. The van der Waals surface area contributed by atoms with Gasteiger partial charge in [0.05, 0.1) is 21.5 Å². The molecule has 0 radical (unpaired) electrons. The molecule has 0 unspecified atom stereocenters. The number of hydrogen-bond acceptors (Lipinski definition) is 3. The molecule has 0 fully saturated rings. The number of rotatable bonds is 6. The maximum Gasteiger partial charge on any atom is 0.234 e. The molecule has 0 bridgehead atoms. The highest BCUT2D eigenvalue weighted by Gasteiger charge is 2.09. The minimum atomic E-state index is -0.110. The molecule has 0 atom stereocenters. The second-order valence-electron chi connectivity index (χ2n) is 4.49. The summed E-state index contributed by atoms with van der Waals surface area (Å²) >= 11 is 15.3. The molecule has 0 aliphatic carbocycles. The van der Waals surface area contributed by atoms with Gasteiger partial charge in [0.25, 0.3) is 0 Å². The van der Waals surface area contributed by atoms with Crippen LogP contribution in [0.2, 0.25) is 10.0 Å². The first-order valence-electron chi connectivity index (χ1n) is 6.54. The molecule has 6 heteroatoms. The Labute approximate surface area is 149 Å². The zero-order chi connectivity index (χ0) is 15.9. The number of nitrogens with one attached hydrogen (secondary N) is 1. The predicted octanol–water partition coefficient (Wildman–Crippen LogP) is 5.59. The van der Waals surface area contributed by atoms with Gasteiger partial charge in [0.2, 0.25) is 5.91 Å². The molecule has 0 aromatic heterocycles. The molecule has 22 heavy (non-hydrogen) atoms. The fourth-order valence-electron chi connectivity index (χ4n) is 1.78. The smallest absolute Gasteiger partial charge is 0.234 e. The molecule has 0 saturated heterocycles. The molecule has 0 spiro atoms. The third-order valence-electron chi connectivity index (χ3n) is 2.89. The van der Waals surface area contributed by atoms with E-state index >= 15 is 0 Å². The van der Waals surface area contributed by atoms with Gasteiger partial charge in [-0.1, -0.05) is 41.4 Å². The highest BCUT2D eigenvalue weighted by Crippen LogP contribution is 2.30. The van der Waals surface area contributed by atoms with E-state index in [1.165, 1.54) is 10.5 Å². The van der Waals surface area contributed by atoms with Crippen molar-refractivity contribution in [1.29, 1.82) is 0 Å². The van der Waals surface area contributed by atoms with E-state index in [1.807, 2.05) is 6.26 Å². The minimum Gasteiger partial charge on any atom is -0.323 e. The van der Waals surface area contributed by atoms with E-state index in [0.29, 0.717) is 21.5 Å². The van der Waals surface area contributed by atoms with Crippen molar-refractivity contribution in [2.45, 2.75) is 10.6 Å². The molecule has 2 aromatic rings. The highest BCUT2D eigenvalue weighted by atomic mass is 35.5. The Morgan fingerprint density at radius 2 is 1.73 bits per heavy atom. The lowest BCUT2D eigenvalue weighted by atomic mass is 10.2. The van der Waals surface area contributed by atoms with Gasteiger partial charge in [-0.15, -0.1) is 23.5 Å². The highest BCUT2D eigenvalue weighted by molar-refractivity contribution is 7.99. The van der Waals surface area contributed by atoms with Gasteiger partial charge in [0, 0.05) is 10.6 Å². The maximum atomic E-state index is 12.0. The lowest BCUT2D eigenvalue weighted by Crippen LogP contribution is -2.14. The van der Waals surface area contributed by atoms with Crippen LogP contribution in [0.4, 0.5) is 5.69 Å². The van der Waals surface area contributed by atoms with Crippen molar-refractivity contribution in [2.24, 2.45) is 0 Å². The molecular formula is C16H15Cl2NOS2. The summed E-state index contributed by atoms with van der Waals surface area (Å²) in [6.07, 6.45) is 2.05. The first-order chi connectivity index (χ1) is 10.6. The second kappa shape index (κ2) is 8.73. The van der Waals surface area contributed by atoms with Crippen LogP contribution < -0.4 is 5.32 Å². The van der Waals surface area contributed by atoms with Crippen LogP contribution in [0, 0.1) is 0 Å². The van der Waals surface area contributed by atoms with Crippen LogP contribution in [-0.2, 0) is 10.5 Å². The lowest BCUT2D eigenvalue weighted by molar-refractivity contribution is -0.113. The van der Waals surface area contributed by atoms with Crippen LogP contribution >= 0.6 is 46.7 Å². The number of halogens is 2. The number of amides is 1. The largest absolute Gasteiger partial charge is 0.323 e. The third kappa shape index (κ3) is 5.13. The van der Waals surface area contributed by atoms with Crippen LogP contribution in [0.5, 0.6) is 0 Å². The quantitative estimate of drug-likeness (QED) is 0.671. The van der Waals surface area contributed by atoms with Crippen molar-refractivity contribution >= 4 is 58.3 Å². The van der Waals surface area contributed by atoms with Crippen LogP contribution in [0.1, 0.15) is 5.56 Å². The van der Waals surface area contributed by atoms with Gasteiger partial charge in [-0.05, 0) is 36.1 Å². The van der Waals surface area contributed by atoms with Crippen molar-refractivity contribution in [3.63, 3.8) is 0 Å². The summed E-state index contributed by atoms with van der Waals surface area (Å²) in [7, 11) is 0.